The van der Waals surface area contributed by atoms with Gasteiger partial charge in [-0.2, -0.15) is 0 Å². The highest BCUT2D eigenvalue weighted by Crippen LogP contribution is 2.39. The van der Waals surface area contributed by atoms with E-state index in [1.54, 1.807) is 14.0 Å². The first kappa shape index (κ1) is 30.8. The molecule has 43 heavy (non-hydrogen) atoms. The van der Waals surface area contributed by atoms with E-state index >= 15 is 0 Å². The number of amides is 2. The molecule has 2 aromatic carbocycles. The molecule has 1 aliphatic rings. The van der Waals surface area contributed by atoms with E-state index < -0.39 is 5.97 Å². The number of ether oxygens (including phenoxy) is 2. The van der Waals surface area contributed by atoms with Crippen LogP contribution in [0.4, 0.5) is 5.00 Å². The first-order chi connectivity index (χ1) is 20.9. The van der Waals surface area contributed by atoms with Crippen LogP contribution in [0.5, 0.6) is 5.75 Å². The number of halogens is 1. The fourth-order valence-electron chi connectivity index (χ4n) is 4.73. The minimum Gasteiger partial charge on any atom is -0.497 e. The van der Waals surface area contributed by atoms with Crippen LogP contribution in [0.1, 0.15) is 45.5 Å². The van der Waals surface area contributed by atoms with Crippen molar-refractivity contribution in [3.05, 3.63) is 80.4 Å². The third-order valence-electron chi connectivity index (χ3n) is 6.74. The van der Waals surface area contributed by atoms with Crippen LogP contribution in [0.25, 0.3) is 5.69 Å². The molecular formula is C30H30BrN5O5S2. The summed E-state index contributed by atoms with van der Waals surface area (Å²) < 4.78 is 13.2. The van der Waals surface area contributed by atoms with Gasteiger partial charge < -0.3 is 20.1 Å². The number of nitrogens with zero attached hydrogens (tertiary/aromatic N) is 3. The number of aryl methyl sites for hydroxylation is 1. The summed E-state index contributed by atoms with van der Waals surface area (Å²) in [7, 11) is 1.60. The van der Waals surface area contributed by atoms with Crippen LogP contribution in [0.3, 0.4) is 0 Å². The number of carbonyl (C=O) groups is 3. The molecule has 0 saturated carbocycles. The molecule has 13 heteroatoms. The molecule has 2 N–H and O–H groups in total. The van der Waals surface area contributed by atoms with Crippen molar-refractivity contribution in [3.63, 3.8) is 0 Å². The maximum Gasteiger partial charge on any atom is 0.341 e. The Morgan fingerprint density at radius 3 is 2.53 bits per heavy atom. The van der Waals surface area contributed by atoms with E-state index in [-0.39, 0.29) is 37.1 Å². The molecule has 0 spiro atoms. The Morgan fingerprint density at radius 2 is 1.81 bits per heavy atom. The van der Waals surface area contributed by atoms with E-state index in [4.69, 9.17) is 9.47 Å². The summed E-state index contributed by atoms with van der Waals surface area (Å²) in [5, 5.41) is 15.5. The fourth-order valence-corrected chi connectivity index (χ4v) is 7.06. The minimum absolute atomic E-state index is 0.0450. The van der Waals surface area contributed by atoms with Crippen LogP contribution in [-0.2, 0) is 40.1 Å². The van der Waals surface area contributed by atoms with Gasteiger partial charge in [-0.3, -0.25) is 14.2 Å². The van der Waals surface area contributed by atoms with Crippen molar-refractivity contribution in [1.29, 1.82) is 0 Å². The van der Waals surface area contributed by atoms with Gasteiger partial charge in [-0.1, -0.05) is 39.8 Å². The maximum atomic E-state index is 13.1. The monoisotopic (exact) mass is 683 g/mol. The predicted octanol–water partition coefficient (Wildman–Crippen LogP) is 5.36. The predicted molar refractivity (Wildman–Crippen MR) is 169 cm³/mol. The quantitative estimate of drug-likeness (QED) is 0.151. The topological polar surface area (TPSA) is 124 Å². The van der Waals surface area contributed by atoms with Gasteiger partial charge in [0.1, 0.15) is 10.8 Å². The Morgan fingerprint density at radius 1 is 1.05 bits per heavy atom. The highest BCUT2D eigenvalue weighted by atomic mass is 79.9. The molecule has 224 valence electrons. The third kappa shape index (κ3) is 7.46. The van der Waals surface area contributed by atoms with Crippen LogP contribution < -0.4 is 15.4 Å². The van der Waals surface area contributed by atoms with Gasteiger partial charge in [-0.15, -0.1) is 21.5 Å². The number of thioether (sulfide) groups is 1. The average Bonchev–Trinajstić information content (AvgIpc) is 3.71. The number of aromatic nitrogens is 3. The summed E-state index contributed by atoms with van der Waals surface area (Å²) in [6.45, 7) is 2.18. The molecule has 0 bridgehead atoms. The Bertz CT molecular complexity index is 1620. The Hall–Kier alpha value is -3.68. The van der Waals surface area contributed by atoms with Crippen molar-refractivity contribution in [2.45, 2.75) is 44.3 Å². The lowest BCUT2D eigenvalue weighted by molar-refractivity contribution is -0.120. The van der Waals surface area contributed by atoms with Crippen LogP contribution in [0, 0.1) is 0 Å². The first-order valence-electron chi connectivity index (χ1n) is 13.7. The zero-order valence-corrected chi connectivity index (χ0v) is 26.9. The number of hydrogen-bond acceptors (Lipinski definition) is 9. The molecule has 2 amide bonds. The lowest BCUT2D eigenvalue weighted by atomic mass is 10.1. The molecule has 1 aliphatic carbocycles. The van der Waals surface area contributed by atoms with Crippen LogP contribution in [0.2, 0.25) is 0 Å². The van der Waals surface area contributed by atoms with E-state index in [0.29, 0.717) is 21.5 Å². The largest absolute Gasteiger partial charge is 0.497 e. The molecule has 0 fully saturated rings. The number of rotatable bonds is 12. The van der Waals surface area contributed by atoms with Crippen LogP contribution in [0.15, 0.2) is 58.2 Å². The van der Waals surface area contributed by atoms with Crippen molar-refractivity contribution in [2.75, 3.05) is 24.8 Å². The number of anilines is 1. The molecule has 4 aromatic rings. The SMILES string of the molecule is CCOC(=O)c1c(NC(=O)CSc2nnc(CNC(=O)Cc3ccc(OC)cc3)n2-c2ccc(Br)cc2)sc2c1CCC2. The Balaban J connectivity index is 1.28. The number of esters is 1. The second-order valence-corrected chi connectivity index (χ2v) is 12.6. The standard InChI is InChI=1S/C30H30BrN5O5S2/c1-3-41-29(39)27-22-5-4-6-23(22)43-28(27)33-26(38)17-42-30-35-34-24(36(30)20-11-9-19(31)10-12-20)16-32-25(37)15-18-7-13-21(40-2)14-8-18/h7-14H,3-6,15-17H2,1-2H3,(H,32,37)(H,33,38). The molecule has 5 rings (SSSR count). The second-order valence-electron chi connectivity index (χ2n) is 9.63. The van der Waals surface area contributed by atoms with E-state index in [0.717, 1.165) is 51.2 Å². The lowest BCUT2D eigenvalue weighted by Crippen LogP contribution is -2.26. The normalized spacial score (nSPS) is 12.1. The smallest absolute Gasteiger partial charge is 0.341 e. The molecule has 0 radical (unpaired) electrons. The van der Waals surface area contributed by atoms with Gasteiger partial charge in [0, 0.05) is 15.0 Å². The summed E-state index contributed by atoms with van der Waals surface area (Å²) in [5.74, 6) is 0.457. The zero-order chi connectivity index (χ0) is 30.3. The second kappa shape index (κ2) is 14.2. The maximum absolute atomic E-state index is 13.1. The molecule has 0 saturated heterocycles. The summed E-state index contributed by atoms with van der Waals surface area (Å²) in [5.41, 5.74) is 3.11. The van der Waals surface area contributed by atoms with Gasteiger partial charge in [0.2, 0.25) is 11.8 Å². The van der Waals surface area contributed by atoms with E-state index in [2.05, 4.69) is 36.8 Å². The van der Waals surface area contributed by atoms with Gasteiger partial charge in [0.15, 0.2) is 11.0 Å². The first-order valence-corrected chi connectivity index (χ1v) is 16.3. The number of hydrogen-bond donors (Lipinski definition) is 2. The third-order valence-corrected chi connectivity index (χ3v) is 9.40. The van der Waals surface area contributed by atoms with Gasteiger partial charge in [-0.25, -0.2) is 4.79 Å². The van der Waals surface area contributed by atoms with E-state index in [1.807, 2.05) is 53.1 Å². The number of fused-ring (bicyclic) bond motifs is 1. The number of carbonyl (C=O) groups excluding carboxylic acids is 3. The molecule has 0 atom stereocenters. The molecular weight excluding hydrogens is 654 g/mol. The minimum atomic E-state index is -0.404. The molecule has 0 unspecified atom stereocenters. The average molecular weight is 685 g/mol. The summed E-state index contributed by atoms with van der Waals surface area (Å²) in [4.78, 5) is 39.6. The van der Waals surface area contributed by atoms with Crippen LogP contribution >= 0.6 is 39.0 Å². The summed E-state index contributed by atoms with van der Waals surface area (Å²) >= 11 is 6.13. The fraction of sp³-hybridized carbons (Fsp3) is 0.300. The summed E-state index contributed by atoms with van der Waals surface area (Å²) in [6, 6.07) is 14.9. The number of thiophene rings is 1. The zero-order valence-electron chi connectivity index (χ0n) is 23.6. The van der Waals surface area contributed by atoms with Gasteiger partial charge >= 0.3 is 5.97 Å². The van der Waals surface area contributed by atoms with Crippen LogP contribution in [-0.4, -0.2) is 52.0 Å². The Kier molecular flexibility index (Phi) is 10.2. The van der Waals surface area contributed by atoms with Crippen molar-refractivity contribution in [3.8, 4) is 11.4 Å². The van der Waals surface area contributed by atoms with Gasteiger partial charge in [0.25, 0.3) is 0 Å². The molecule has 2 aromatic heterocycles. The van der Waals surface area contributed by atoms with E-state index in [9.17, 15) is 14.4 Å². The Labute approximate surface area is 265 Å². The molecule has 2 heterocycles. The summed E-state index contributed by atoms with van der Waals surface area (Å²) in [6.07, 6.45) is 2.90. The number of nitrogens with one attached hydrogen (secondary N) is 2. The van der Waals surface area contributed by atoms with E-state index in [1.165, 1.54) is 23.1 Å². The molecule has 10 nitrogen and oxygen atoms in total. The number of benzene rings is 2. The lowest BCUT2D eigenvalue weighted by Gasteiger charge is -2.12. The van der Waals surface area contributed by atoms with Gasteiger partial charge in [-0.05, 0) is 73.7 Å². The van der Waals surface area contributed by atoms with Crippen molar-refractivity contribution in [1.82, 2.24) is 20.1 Å². The molecule has 0 aliphatic heterocycles. The highest BCUT2D eigenvalue weighted by Gasteiger charge is 2.28. The number of methoxy groups -OCH3 is 1. The van der Waals surface area contributed by atoms with Gasteiger partial charge in [0.05, 0.1) is 38.0 Å². The van der Waals surface area contributed by atoms with Crippen molar-refractivity contribution >= 4 is 61.8 Å². The van der Waals surface area contributed by atoms with Crippen molar-refractivity contribution < 1.29 is 23.9 Å². The highest BCUT2D eigenvalue weighted by molar-refractivity contribution is 9.10. The van der Waals surface area contributed by atoms with Crippen molar-refractivity contribution in [2.24, 2.45) is 0 Å².